The maximum absolute atomic E-state index is 13.2. The number of amides is 1. The number of unbranched alkanes of at least 4 members (excludes halogenated alkanes) is 6. The van der Waals surface area contributed by atoms with Crippen LogP contribution < -0.4 is 0 Å². The second kappa shape index (κ2) is 12.3. The van der Waals surface area contributed by atoms with Crippen LogP contribution in [0.25, 0.3) is 0 Å². The minimum atomic E-state index is -0.898. The number of aliphatic hydroxyl groups excluding tert-OH is 1. The molecule has 0 radical (unpaired) electrons. The fourth-order valence-electron chi connectivity index (χ4n) is 5.27. The molecule has 2 heterocycles. The molecule has 186 valence electrons. The van der Waals surface area contributed by atoms with Crippen molar-refractivity contribution < 1.29 is 24.2 Å². The molecule has 3 aliphatic rings. The number of hydrogen-bond acceptors (Lipinski definition) is 5. The number of allylic oxidation sites excluding steroid dienone is 2. The first-order chi connectivity index (χ1) is 15.9. The Bertz CT molecular complexity index is 689. The van der Waals surface area contributed by atoms with Gasteiger partial charge in [0.05, 0.1) is 18.6 Å². The molecule has 1 amide bonds. The summed E-state index contributed by atoms with van der Waals surface area (Å²) in [6, 6.07) is 0. The first-order valence-corrected chi connectivity index (χ1v) is 13.2. The largest absolute Gasteiger partial charge is 0.393 e. The highest BCUT2D eigenvalue weighted by molar-refractivity contribution is 6.00. The normalized spacial score (nSPS) is 28.2. The molecule has 2 aliphatic heterocycles. The third kappa shape index (κ3) is 7.49. The quantitative estimate of drug-likeness (QED) is 0.421. The highest BCUT2D eigenvalue weighted by Gasteiger charge is 2.52. The Morgan fingerprint density at radius 1 is 1.03 bits per heavy atom. The Balaban J connectivity index is 1.58. The van der Waals surface area contributed by atoms with Crippen molar-refractivity contribution in [2.45, 2.75) is 121 Å². The summed E-state index contributed by atoms with van der Waals surface area (Å²) in [5, 5.41) is 10.6. The lowest BCUT2D eigenvalue weighted by Gasteiger charge is -2.42. The molecule has 3 atom stereocenters. The monoisotopic (exact) mass is 461 g/mol. The van der Waals surface area contributed by atoms with Crippen LogP contribution in [0.2, 0.25) is 0 Å². The van der Waals surface area contributed by atoms with Crippen molar-refractivity contribution in [1.29, 1.82) is 0 Å². The Morgan fingerprint density at radius 2 is 1.67 bits per heavy atom. The van der Waals surface area contributed by atoms with Gasteiger partial charge in [0.15, 0.2) is 11.6 Å². The van der Waals surface area contributed by atoms with Crippen molar-refractivity contribution in [3.05, 3.63) is 24.3 Å². The van der Waals surface area contributed by atoms with Crippen molar-refractivity contribution in [2.24, 2.45) is 0 Å². The van der Waals surface area contributed by atoms with Crippen LogP contribution in [0, 0.1) is 0 Å². The molecule has 0 bridgehead atoms. The first-order valence-electron chi connectivity index (χ1n) is 13.2. The number of nitrogens with zero attached hydrogens (tertiary/aromatic N) is 1. The van der Waals surface area contributed by atoms with E-state index in [0.717, 1.165) is 38.8 Å². The highest BCUT2D eigenvalue weighted by Crippen LogP contribution is 2.47. The van der Waals surface area contributed by atoms with E-state index in [9.17, 15) is 14.7 Å². The summed E-state index contributed by atoms with van der Waals surface area (Å²) in [6.45, 7) is 5.99. The minimum Gasteiger partial charge on any atom is -0.393 e. The molecule has 2 saturated heterocycles. The molecular formula is C27H43NO5. The lowest BCUT2D eigenvalue weighted by atomic mass is 9.91. The average molecular weight is 462 g/mol. The zero-order valence-corrected chi connectivity index (χ0v) is 20.6. The number of carbonyl (C=O) groups is 2. The van der Waals surface area contributed by atoms with E-state index in [0.29, 0.717) is 25.7 Å². The van der Waals surface area contributed by atoms with Crippen LogP contribution in [0.15, 0.2) is 24.3 Å². The lowest BCUT2D eigenvalue weighted by molar-refractivity contribution is -0.291. The molecule has 33 heavy (non-hydrogen) atoms. The highest BCUT2D eigenvalue weighted by atomic mass is 16.7. The maximum Gasteiger partial charge on any atom is 0.225 e. The molecule has 0 aromatic carbocycles. The number of aliphatic hydroxyl groups is 1. The first kappa shape index (κ1) is 26.1. The Morgan fingerprint density at radius 3 is 2.27 bits per heavy atom. The van der Waals surface area contributed by atoms with Gasteiger partial charge in [0.1, 0.15) is 5.60 Å². The number of hydrogen-bond donors (Lipinski definition) is 1. The van der Waals surface area contributed by atoms with Gasteiger partial charge in [-0.15, -0.1) is 0 Å². The van der Waals surface area contributed by atoms with Crippen LogP contribution in [0.4, 0.5) is 0 Å². The third-order valence-electron chi connectivity index (χ3n) is 7.11. The fraction of sp³-hybridized carbons (Fsp3) is 0.778. The molecular weight excluding hydrogens is 418 g/mol. The second-order valence-corrected chi connectivity index (χ2v) is 10.1. The molecule has 0 aromatic rings. The maximum atomic E-state index is 13.2. The third-order valence-corrected chi connectivity index (χ3v) is 7.11. The van der Waals surface area contributed by atoms with Crippen molar-refractivity contribution in [2.75, 3.05) is 13.1 Å². The van der Waals surface area contributed by atoms with Gasteiger partial charge in [-0.25, -0.2) is 0 Å². The van der Waals surface area contributed by atoms with Crippen LogP contribution in [0.1, 0.15) is 97.3 Å². The molecule has 1 N–H and O–H groups in total. The Kier molecular flexibility index (Phi) is 9.71. The number of ketones is 1. The van der Waals surface area contributed by atoms with E-state index in [-0.39, 0.29) is 24.2 Å². The zero-order valence-electron chi connectivity index (χ0n) is 20.6. The Hall–Kier alpha value is -1.50. The predicted molar refractivity (Wildman–Crippen MR) is 129 cm³/mol. The van der Waals surface area contributed by atoms with Crippen LogP contribution >= 0.6 is 0 Å². The van der Waals surface area contributed by atoms with Crippen molar-refractivity contribution in [3.63, 3.8) is 0 Å². The van der Waals surface area contributed by atoms with E-state index in [1.807, 2.05) is 4.90 Å². The van der Waals surface area contributed by atoms with Gasteiger partial charge < -0.3 is 19.5 Å². The summed E-state index contributed by atoms with van der Waals surface area (Å²) in [5.41, 5.74) is -0.649. The zero-order chi connectivity index (χ0) is 23.7. The molecule has 6 nitrogen and oxygen atoms in total. The van der Waals surface area contributed by atoms with Gasteiger partial charge in [-0.1, -0.05) is 52.4 Å². The van der Waals surface area contributed by atoms with E-state index in [2.05, 4.69) is 13.8 Å². The van der Waals surface area contributed by atoms with Gasteiger partial charge in [-0.3, -0.25) is 9.59 Å². The molecule has 0 unspecified atom stereocenters. The van der Waals surface area contributed by atoms with Crippen molar-refractivity contribution in [1.82, 2.24) is 4.90 Å². The van der Waals surface area contributed by atoms with Gasteiger partial charge in [0.2, 0.25) is 5.91 Å². The Labute approximate surface area is 199 Å². The molecule has 3 rings (SSSR count). The van der Waals surface area contributed by atoms with Gasteiger partial charge in [-0.2, -0.15) is 0 Å². The minimum absolute atomic E-state index is 0.0452. The molecule has 2 spiro atoms. The fourth-order valence-corrected chi connectivity index (χ4v) is 5.27. The van der Waals surface area contributed by atoms with Gasteiger partial charge >= 0.3 is 0 Å². The van der Waals surface area contributed by atoms with Crippen molar-refractivity contribution in [3.8, 4) is 0 Å². The standard InChI is InChI=1S/C27H43NO5/c1-3-5-7-9-17-28(18-10-8-6-4-2)25(31)20-24-19-23(30)21-27(32-24)16-15-26(33-27)13-11-22(29)12-14-26/h11-14,23-24,30H,3-10,15-21H2,1-2H3/t23-,24+,27-/m0/s1. The average Bonchev–Trinajstić information content (AvgIpc) is 3.11. The van der Waals surface area contributed by atoms with Crippen LogP contribution in [0.5, 0.6) is 0 Å². The SMILES string of the molecule is CCCCCCN(CCCCCC)C(=O)C[C@H]1C[C@H](O)C[C@@]2(CCC3(C=CC(=O)C=C3)O2)O1. The van der Waals surface area contributed by atoms with E-state index < -0.39 is 17.5 Å². The number of ether oxygens (including phenoxy) is 2. The molecule has 0 saturated carbocycles. The van der Waals surface area contributed by atoms with E-state index in [1.165, 1.54) is 37.8 Å². The van der Waals surface area contributed by atoms with Gasteiger partial charge in [0.25, 0.3) is 0 Å². The topological polar surface area (TPSA) is 76.1 Å². The van der Waals surface area contributed by atoms with E-state index in [1.54, 1.807) is 12.2 Å². The predicted octanol–water partition coefficient (Wildman–Crippen LogP) is 4.85. The summed E-state index contributed by atoms with van der Waals surface area (Å²) in [5.74, 6) is -0.825. The number of carbonyl (C=O) groups excluding carboxylic acids is 2. The number of rotatable bonds is 12. The van der Waals surface area contributed by atoms with Gasteiger partial charge in [0, 0.05) is 32.4 Å². The van der Waals surface area contributed by atoms with E-state index >= 15 is 0 Å². The molecule has 2 fully saturated rings. The van der Waals surface area contributed by atoms with Crippen LogP contribution in [0.3, 0.4) is 0 Å². The van der Waals surface area contributed by atoms with E-state index in [4.69, 9.17) is 9.47 Å². The molecule has 1 aliphatic carbocycles. The smallest absolute Gasteiger partial charge is 0.225 e. The summed E-state index contributed by atoms with van der Waals surface area (Å²) < 4.78 is 12.7. The summed E-state index contributed by atoms with van der Waals surface area (Å²) in [7, 11) is 0. The van der Waals surface area contributed by atoms with Crippen molar-refractivity contribution >= 4 is 11.7 Å². The van der Waals surface area contributed by atoms with Gasteiger partial charge in [-0.05, 0) is 43.6 Å². The summed E-state index contributed by atoms with van der Waals surface area (Å²) in [4.78, 5) is 26.8. The molecule has 0 aromatic heterocycles. The summed E-state index contributed by atoms with van der Waals surface area (Å²) in [6.07, 6.45) is 17.3. The lowest BCUT2D eigenvalue weighted by Crippen LogP contribution is -2.49. The van der Waals surface area contributed by atoms with Crippen LogP contribution in [-0.4, -0.2) is 58.4 Å². The second-order valence-electron chi connectivity index (χ2n) is 10.1. The summed E-state index contributed by atoms with van der Waals surface area (Å²) >= 11 is 0. The van der Waals surface area contributed by atoms with Crippen LogP contribution in [-0.2, 0) is 19.1 Å². The molecule has 6 heteroatoms.